The van der Waals surface area contributed by atoms with Crippen LogP contribution in [-0.2, 0) is 0 Å². The van der Waals surface area contributed by atoms with Gasteiger partial charge in [-0.15, -0.1) is 0 Å². The Bertz CT molecular complexity index is 271. The van der Waals surface area contributed by atoms with Crippen molar-refractivity contribution in [2.24, 2.45) is 5.16 Å². The van der Waals surface area contributed by atoms with E-state index in [2.05, 4.69) is 27.7 Å². The Hall–Kier alpha value is -0.580. The van der Waals surface area contributed by atoms with E-state index in [-0.39, 0.29) is 3.92 Å². The molecule has 2 nitrogen and oxygen atoms in total. The molecular formula is C9H10INO. The third-order valence-electron chi connectivity index (χ3n) is 1.62. The molecule has 1 unspecified atom stereocenters. The van der Waals surface area contributed by atoms with E-state index < -0.39 is 0 Å². The summed E-state index contributed by atoms with van der Waals surface area (Å²) in [4.78, 5) is 0. The lowest BCUT2D eigenvalue weighted by molar-refractivity contribution is 0.318. The molecule has 0 saturated carbocycles. The van der Waals surface area contributed by atoms with Crippen molar-refractivity contribution in [3.63, 3.8) is 0 Å². The number of halogens is 1. The monoisotopic (exact) mass is 275 g/mol. The van der Waals surface area contributed by atoms with E-state index in [0.29, 0.717) is 0 Å². The van der Waals surface area contributed by atoms with Crippen LogP contribution in [0.5, 0.6) is 0 Å². The van der Waals surface area contributed by atoms with Crippen LogP contribution in [-0.4, -0.2) is 10.9 Å². The number of oxime groups is 1. The Balaban J connectivity index is 2.86. The van der Waals surface area contributed by atoms with Gasteiger partial charge in [-0.1, -0.05) is 58.1 Å². The van der Waals surface area contributed by atoms with E-state index in [1.807, 2.05) is 37.3 Å². The fourth-order valence-corrected chi connectivity index (χ4v) is 1.45. The quantitative estimate of drug-likeness (QED) is 0.291. The smallest absolute Gasteiger partial charge is 0.0772 e. The Morgan fingerprint density at radius 2 is 2.00 bits per heavy atom. The van der Waals surface area contributed by atoms with E-state index in [4.69, 9.17) is 5.21 Å². The Labute approximate surface area is 85.4 Å². The molecule has 1 aromatic carbocycles. The normalized spacial score (nSPS) is 14.3. The first-order valence-electron chi connectivity index (χ1n) is 3.63. The highest BCUT2D eigenvalue weighted by Crippen LogP contribution is 2.24. The highest BCUT2D eigenvalue weighted by atomic mass is 127. The van der Waals surface area contributed by atoms with Gasteiger partial charge in [-0.05, 0) is 12.5 Å². The number of hydrogen-bond acceptors (Lipinski definition) is 2. The Kier molecular flexibility index (Phi) is 3.52. The summed E-state index contributed by atoms with van der Waals surface area (Å²) in [6.45, 7) is 1.81. The van der Waals surface area contributed by atoms with Gasteiger partial charge in [0.2, 0.25) is 0 Å². The molecule has 1 N–H and O–H groups in total. The minimum atomic E-state index is 0.161. The van der Waals surface area contributed by atoms with E-state index in [1.165, 1.54) is 0 Å². The molecule has 1 aromatic rings. The number of benzene rings is 1. The van der Waals surface area contributed by atoms with Gasteiger partial charge in [0.05, 0.1) is 9.64 Å². The van der Waals surface area contributed by atoms with Gasteiger partial charge in [0.15, 0.2) is 0 Å². The van der Waals surface area contributed by atoms with Crippen molar-refractivity contribution in [1.29, 1.82) is 0 Å². The minimum absolute atomic E-state index is 0.161. The van der Waals surface area contributed by atoms with Crippen molar-refractivity contribution < 1.29 is 5.21 Å². The summed E-state index contributed by atoms with van der Waals surface area (Å²) in [5.74, 6) is 0. The molecule has 0 fully saturated rings. The SMILES string of the molecule is CC(=NO)C(I)c1ccccc1. The van der Waals surface area contributed by atoms with Crippen LogP contribution in [0.25, 0.3) is 0 Å². The largest absolute Gasteiger partial charge is 0.411 e. The lowest BCUT2D eigenvalue weighted by Gasteiger charge is -2.07. The fraction of sp³-hybridized carbons (Fsp3) is 0.222. The summed E-state index contributed by atoms with van der Waals surface area (Å²) in [7, 11) is 0. The van der Waals surface area contributed by atoms with Crippen LogP contribution in [0.1, 0.15) is 16.4 Å². The first kappa shape index (κ1) is 9.51. The first-order valence-corrected chi connectivity index (χ1v) is 4.88. The molecule has 3 heteroatoms. The molecule has 64 valence electrons. The molecule has 0 spiro atoms. The van der Waals surface area contributed by atoms with Crippen molar-refractivity contribution in [3.05, 3.63) is 35.9 Å². The fourth-order valence-electron chi connectivity index (χ4n) is 0.914. The molecule has 12 heavy (non-hydrogen) atoms. The van der Waals surface area contributed by atoms with Crippen LogP contribution in [0.15, 0.2) is 35.5 Å². The molecule has 0 amide bonds. The maximum Gasteiger partial charge on any atom is 0.0772 e. The third kappa shape index (κ3) is 2.20. The molecule has 1 atom stereocenters. The van der Waals surface area contributed by atoms with Gasteiger partial charge in [-0.3, -0.25) is 0 Å². The zero-order chi connectivity index (χ0) is 8.97. The highest BCUT2D eigenvalue weighted by molar-refractivity contribution is 14.1. The van der Waals surface area contributed by atoms with Crippen LogP contribution in [0.2, 0.25) is 0 Å². The Morgan fingerprint density at radius 1 is 1.42 bits per heavy atom. The molecule has 0 aliphatic rings. The van der Waals surface area contributed by atoms with Crippen LogP contribution < -0.4 is 0 Å². The predicted octanol–water partition coefficient (Wildman–Crippen LogP) is 3.01. The van der Waals surface area contributed by atoms with Crippen molar-refractivity contribution >= 4 is 28.3 Å². The molecular weight excluding hydrogens is 265 g/mol. The predicted molar refractivity (Wildman–Crippen MR) is 58.1 cm³/mol. The van der Waals surface area contributed by atoms with Crippen LogP contribution in [0.3, 0.4) is 0 Å². The standard InChI is InChI=1S/C9H10INO/c1-7(11-12)9(10)8-5-3-2-4-6-8/h2-6,9,12H,1H3. The van der Waals surface area contributed by atoms with Gasteiger partial charge in [-0.2, -0.15) is 0 Å². The lowest BCUT2D eigenvalue weighted by Crippen LogP contribution is -2.00. The maximum atomic E-state index is 8.55. The summed E-state index contributed by atoms with van der Waals surface area (Å²) in [6, 6.07) is 9.97. The number of alkyl halides is 1. The summed E-state index contributed by atoms with van der Waals surface area (Å²) >= 11 is 2.24. The van der Waals surface area contributed by atoms with Crippen LogP contribution in [0, 0.1) is 0 Å². The van der Waals surface area contributed by atoms with E-state index in [9.17, 15) is 0 Å². The average Bonchev–Trinajstić information content (AvgIpc) is 2.17. The maximum absolute atomic E-state index is 8.55. The molecule has 0 radical (unpaired) electrons. The molecule has 1 rings (SSSR count). The van der Waals surface area contributed by atoms with Crippen LogP contribution in [0.4, 0.5) is 0 Å². The second-order valence-electron chi connectivity index (χ2n) is 2.51. The molecule has 0 aromatic heterocycles. The van der Waals surface area contributed by atoms with Crippen molar-refractivity contribution in [1.82, 2.24) is 0 Å². The number of hydrogen-bond donors (Lipinski definition) is 1. The number of rotatable bonds is 2. The van der Waals surface area contributed by atoms with Gasteiger partial charge in [0.25, 0.3) is 0 Å². The molecule has 0 aliphatic heterocycles. The molecule has 0 bridgehead atoms. The summed E-state index contributed by atoms with van der Waals surface area (Å²) in [6.07, 6.45) is 0. The minimum Gasteiger partial charge on any atom is -0.411 e. The van der Waals surface area contributed by atoms with Gasteiger partial charge < -0.3 is 5.21 Å². The zero-order valence-electron chi connectivity index (χ0n) is 6.74. The third-order valence-corrected chi connectivity index (χ3v) is 3.24. The van der Waals surface area contributed by atoms with E-state index in [0.717, 1.165) is 11.3 Å². The highest BCUT2D eigenvalue weighted by Gasteiger charge is 2.09. The lowest BCUT2D eigenvalue weighted by atomic mass is 10.1. The zero-order valence-corrected chi connectivity index (χ0v) is 8.89. The molecule has 0 saturated heterocycles. The summed E-state index contributed by atoms with van der Waals surface area (Å²) in [5, 5.41) is 11.7. The molecule has 0 aliphatic carbocycles. The van der Waals surface area contributed by atoms with Crippen molar-refractivity contribution in [2.45, 2.75) is 10.8 Å². The van der Waals surface area contributed by atoms with Crippen LogP contribution >= 0.6 is 22.6 Å². The van der Waals surface area contributed by atoms with E-state index in [1.54, 1.807) is 0 Å². The van der Waals surface area contributed by atoms with Crippen molar-refractivity contribution in [2.75, 3.05) is 0 Å². The first-order chi connectivity index (χ1) is 5.75. The van der Waals surface area contributed by atoms with Gasteiger partial charge in [0.1, 0.15) is 0 Å². The summed E-state index contributed by atoms with van der Waals surface area (Å²) in [5.41, 5.74) is 1.88. The van der Waals surface area contributed by atoms with Gasteiger partial charge in [0, 0.05) is 0 Å². The number of nitrogens with zero attached hydrogens (tertiary/aromatic N) is 1. The van der Waals surface area contributed by atoms with Gasteiger partial charge in [-0.25, -0.2) is 0 Å². The second kappa shape index (κ2) is 4.45. The van der Waals surface area contributed by atoms with Gasteiger partial charge >= 0.3 is 0 Å². The topological polar surface area (TPSA) is 32.6 Å². The van der Waals surface area contributed by atoms with E-state index >= 15 is 0 Å². The second-order valence-corrected chi connectivity index (χ2v) is 3.76. The van der Waals surface area contributed by atoms with Crippen molar-refractivity contribution in [3.8, 4) is 0 Å². The summed E-state index contributed by atoms with van der Waals surface area (Å²) < 4.78 is 0.161. The Morgan fingerprint density at radius 3 is 2.50 bits per heavy atom. The average molecular weight is 275 g/mol. The molecule has 0 heterocycles.